The smallest absolute Gasteiger partial charge is 0.419 e. The number of carbonyl (C=O) groups excluding carboxylic acids is 1. The molecule has 4 aromatic heterocycles. The second kappa shape index (κ2) is 10.3. The number of amides is 2. The Morgan fingerprint density at radius 3 is 2.59 bits per heavy atom. The van der Waals surface area contributed by atoms with Crippen LogP contribution in [-0.2, 0) is 6.18 Å². The number of alkyl halides is 3. The van der Waals surface area contributed by atoms with E-state index >= 15 is 0 Å². The summed E-state index contributed by atoms with van der Waals surface area (Å²) in [5.74, 6) is 0.647. The zero-order valence-corrected chi connectivity index (χ0v) is 20.1. The monoisotopic (exact) mass is 515 g/mol. The molecule has 0 saturated carbocycles. The summed E-state index contributed by atoms with van der Waals surface area (Å²) in [5, 5.41) is 16.8. The Kier molecular flexibility index (Phi) is 7.20. The molecule has 4 heterocycles. The number of hydrogen-bond donors (Lipinski definition) is 3. The Balaban J connectivity index is 1.77. The van der Waals surface area contributed by atoms with E-state index in [4.69, 9.17) is 10.2 Å². The van der Waals surface area contributed by atoms with Crippen molar-refractivity contribution in [1.82, 2.24) is 35.3 Å². The van der Waals surface area contributed by atoms with Crippen LogP contribution in [0.5, 0.6) is 0 Å². The van der Waals surface area contributed by atoms with Crippen molar-refractivity contribution in [2.24, 2.45) is 11.7 Å². The first-order valence-electron chi connectivity index (χ1n) is 11.3. The Morgan fingerprint density at radius 1 is 1.16 bits per heavy atom. The molecule has 0 saturated heterocycles. The maximum atomic E-state index is 13.2. The summed E-state index contributed by atoms with van der Waals surface area (Å²) < 4.78 is 46.5. The van der Waals surface area contributed by atoms with Crippen LogP contribution in [0.4, 0.5) is 23.8 Å². The zero-order valence-electron chi connectivity index (χ0n) is 20.1. The number of anilines is 1. The molecule has 0 fully saturated rings. The second-order valence-corrected chi connectivity index (χ2v) is 8.39. The van der Waals surface area contributed by atoms with Crippen LogP contribution in [0.3, 0.4) is 0 Å². The molecule has 4 aromatic rings. The summed E-state index contributed by atoms with van der Waals surface area (Å²) in [4.78, 5) is 20.4. The molecular formula is C23H24F3N9O2. The van der Waals surface area contributed by atoms with Crippen LogP contribution in [0.2, 0.25) is 0 Å². The number of nitrogens with zero attached hydrogens (tertiary/aromatic N) is 6. The van der Waals surface area contributed by atoms with Gasteiger partial charge in [-0.25, -0.2) is 14.5 Å². The van der Waals surface area contributed by atoms with Crippen LogP contribution >= 0.6 is 0 Å². The van der Waals surface area contributed by atoms with Gasteiger partial charge in [-0.05, 0) is 25.0 Å². The van der Waals surface area contributed by atoms with Crippen molar-refractivity contribution in [2.75, 3.05) is 11.9 Å². The van der Waals surface area contributed by atoms with Crippen LogP contribution < -0.4 is 16.4 Å². The van der Waals surface area contributed by atoms with Crippen molar-refractivity contribution in [3.8, 4) is 28.3 Å². The van der Waals surface area contributed by atoms with E-state index in [-0.39, 0.29) is 29.2 Å². The van der Waals surface area contributed by atoms with E-state index in [1.165, 1.54) is 30.9 Å². The Bertz CT molecular complexity index is 1400. The number of rotatable bonds is 7. The molecule has 0 aliphatic heterocycles. The molecule has 194 valence electrons. The van der Waals surface area contributed by atoms with Crippen molar-refractivity contribution in [1.29, 1.82) is 0 Å². The lowest BCUT2D eigenvalue weighted by Gasteiger charge is -2.13. The van der Waals surface area contributed by atoms with E-state index in [9.17, 15) is 18.0 Å². The molecule has 4 N–H and O–H groups in total. The first-order chi connectivity index (χ1) is 17.6. The molecule has 4 rings (SSSR count). The minimum Gasteiger partial charge on any atom is -0.419 e. The molecule has 0 radical (unpaired) electrons. The maximum Gasteiger partial charge on any atom is 0.435 e. The highest BCUT2D eigenvalue weighted by molar-refractivity contribution is 5.89. The number of carbonyl (C=O) groups is 1. The lowest BCUT2D eigenvalue weighted by molar-refractivity contribution is -0.141. The van der Waals surface area contributed by atoms with Gasteiger partial charge in [0.15, 0.2) is 5.69 Å². The fraction of sp³-hybridized carbons (Fsp3) is 0.304. The van der Waals surface area contributed by atoms with E-state index < -0.39 is 23.9 Å². The molecule has 11 nitrogen and oxygen atoms in total. The van der Waals surface area contributed by atoms with Gasteiger partial charge in [0.2, 0.25) is 11.8 Å². The van der Waals surface area contributed by atoms with Crippen molar-refractivity contribution in [3.05, 3.63) is 54.6 Å². The molecule has 0 bridgehead atoms. The van der Waals surface area contributed by atoms with E-state index in [1.807, 2.05) is 13.8 Å². The van der Waals surface area contributed by atoms with Crippen LogP contribution in [-0.4, -0.2) is 42.5 Å². The van der Waals surface area contributed by atoms with Gasteiger partial charge in [-0.3, -0.25) is 10.3 Å². The molecule has 37 heavy (non-hydrogen) atoms. The summed E-state index contributed by atoms with van der Waals surface area (Å²) >= 11 is 0. The number of nitrogens with one attached hydrogen (secondary N) is 2. The van der Waals surface area contributed by atoms with Gasteiger partial charge in [-0.2, -0.15) is 18.3 Å². The second-order valence-electron chi connectivity index (χ2n) is 8.39. The Labute approximate surface area is 209 Å². The number of nitrogens with two attached hydrogens (primary N) is 1. The highest BCUT2D eigenvalue weighted by Crippen LogP contribution is 2.33. The number of urea groups is 1. The van der Waals surface area contributed by atoms with E-state index in [0.29, 0.717) is 23.2 Å². The van der Waals surface area contributed by atoms with Gasteiger partial charge in [0, 0.05) is 48.5 Å². The lowest BCUT2D eigenvalue weighted by atomic mass is 10.1. The minimum absolute atomic E-state index is 0.0774. The largest absolute Gasteiger partial charge is 0.435 e. The molecule has 14 heteroatoms. The normalized spacial score (nSPS) is 12.5. The van der Waals surface area contributed by atoms with Crippen molar-refractivity contribution in [3.63, 3.8) is 0 Å². The molecule has 0 spiro atoms. The first kappa shape index (κ1) is 25.8. The highest BCUT2D eigenvalue weighted by Gasteiger charge is 2.34. The third kappa shape index (κ3) is 5.74. The van der Waals surface area contributed by atoms with Gasteiger partial charge in [-0.1, -0.05) is 13.8 Å². The molecular weight excluding hydrogens is 491 g/mol. The average molecular weight is 516 g/mol. The van der Waals surface area contributed by atoms with Gasteiger partial charge in [0.05, 0.1) is 17.3 Å². The fourth-order valence-corrected chi connectivity index (χ4v) is 3.33. The number of halogens is 3. The SMILES string of the molecule is CCNC(=O)Nc1cc(-n2ccc(C(F)(F)F)n2)c(-c2cncc(-c3nnc([C@@H](N)C(C)C)o3)c2)cn1. The summed E-state index contributed by atoms with van der Waals surface area (Å²) in [7, 11) is 0. The standard InChI is InChI=1S/C23H24F3N9O2/c1-4-29-22(36)31-18-8-16(35-6-5-17(34-35)23(24,25)26)15(11-30-18)13-7-14(10-28-9-13)20-32-33-21(37-20)19(27)12(2)3/h5-12,19H,4,27H2,1-3H3,(H2,29,30,31,36)/t19-/m0/s1. The van der Waals surface area contributed by atoms with E-state index in [1.54, 1.807) is 13.0 Å². The molecule has 1 atom stereocenters. The summed E-state index contributed by atoms with van der Waals surface area (Å²) in [6.45, 7) is 5.97. The third-order valence-corrected chi connectivity index (χ3v) is 5.33. The van der Waals surface area contributed by atoms with Gasteiger partial charge < -0.3 is 15.5 Å². The zero-order chi connectivity index (χ0) is 26.7. The number of pyridine rings is 2. The van der Waals surface area contributed by atoms with Crippen LogP contribution in [0, 0.1) is 5.92 Å². The number of hydrogen-bond acceptors (Lipinski definition) is 8. The summed E-state index contributed by atoms with van der Waals surface area (Å²) in [5.41, 5.74) is 6.60. The summed E-state index contributed by atoms with van der Waals surface area (Å²) in [6, 6.07) is 2.99. The predicted octanol–water partition coefficient (Wildman–Crippen LogP) is 4.20. The third-order valence-electron chi connectivity index (χ3n) is 5.33. The topological polar surface area (TPSA) is 150 Å². The van der Waals surface area contributed by atoms with Gasteiger partial charge in [-0.15, -0.1) is 10.2 Å². The van der Waals surface area contributed by atoms with Gasteiger partial charge in [0.25, 0.3) is 0 Å². The van der Waals surface area contributed by atoms with Crippen LogP contribution in [0.25, 0.3) is 28.3 Å². The van der Waals surface area contributed by atoms with Gasteiger partial charge in [0.1, 0.15) is 5.82 Å². The predicted molar refractivity (Wildman–Crippen MR) is 127 cm³/mol. The average Bonchev–Trinajstić information content (AvgIpc) is 3.54. The molecule has 2 amide bonds. The van der Waals surface area contributed by atoms with Crippen molar-refractivity contribution >= 4 is 11.8 Å². The molecule has 0 aliphatic carbocycles. The molecule has 0 aromatic carbocycles. The Morgan fingerprint density at radius 2 is 1.92 bits per heavy atom. The van der Waals surface area contributed by atoms with Crippen molar-refractivity contribution in [2.45, 2.75) is 33.0 Å². The quantitative estimate of drug-likeness (QED) is 0.332. The first-order valence-corrected chi connectivity index (χ1v) is 11.3. The van der Waals surface area contributed by atoms with Gasteiger partial charge >= 0.3 is 12.2 Å². The number of aromatic nitrogens is 6. The van der Waals surface area contributed by atoms with E-state index in [2.05, 4.69) is 35.9 Å². The Hall–Kier alpha value is -4.33. The summed E-state index contributed by atoms with van der Waals surface area (Å²) in [6.07, 6.45) is 0.961. The lowest BCUT2D eigenvalue weighted by Crippen LogP contribution is -2.28. The van der Waals surface area contributed by atoms with Crippen molar-refractivity contribution < 1.29 is 22.4 Å². The van der Waals surface area contributed by atoms with Crippen LogP contribution in [0.15, 0.2) is 47.4 Å². The molecule has 0 unspecified atom stereocenters. The van der Waals surface area contributed by atoms with E-state index in [0.717, 1.165) is 10.7 Å². The maximum absolute atomic E-state index is 13.2. The van der Waals surface area contributed by atoms with Crippen LogP contribution in [0.1, 0.15) is 38.4 Å². The molecule has 0 aliphatic rings. The minimum atomic E-state index is -4.63. The fourth-order valence-electron chi connectivity index (χ4n) is 3.33. The highest BCUT2D eigenvalue weighted by atomic mass is 19.4.